The molecule has 0 aliphatic carbocycles. The maximum atomic E-state index is 8.87. The number of aliphatic hydroxyl groups excluding tert-OH is 1. The first-order valence-corrected chi connectivity index (χ1v) is 5.39. The van der Waals surface area contributed by atoms with Crippen LogP contribution in [0.4, 0.5) is 5.69 Å². The zero-order valence-corrected chi connectivity index (χ0v) is 9.48. The molecule has 0 radical (unpaired) electrons. The van der Waals surface area contributed by atoms with E-state index in [2.05, 4.69) is 5.32 Å². The zero-order valence-electron chi connectivity index (χ0n) is 7.96. The van der Waals surface area contributed by atoms with Gasteiger partial charge >= 0.3 is 0 Å². The summed E-state index contributed by atoms with van der Waals surface area (Å²) in [6.07, 6.45) is 0.427. The van der Waals surface area contributed by atoms with Gasteiger partial charge in [-0.3, -0.25) is 0 Å². The Kier molecular flexibility index (Phi) is 2.96. The van der Waals surface area contributed by atoms with Crippen molar-refractivity contribution in [2.24, 2.45) is 0 Å². The molecule has 1 aromatic carbocycles. The highest BCUT2D eigenvalue weighted by Crippen LogP contribution is 2.37. The van der Waals surface area contributed by atoms with Crippen molar-refractivity contribution in [3.63, 3.8) is 0 Å². The maximum absolute atomic E-state index is 8.87. The summed E-state index contributed by atoms with van der Waals surface area (Å²) < 4.78 is 5.48. The van der Waals surface area contributed by atoms with E-state index in [0.717, 1.165) is 5.69 Å². The van der Waals surface area contributed by atoms with E-state index in [1.807, 2.05) is 6.07 Å². The number of hydrogen-bond donors (Lipinski definition) is 2. The lowest BCUT2D eigenvalue weighted by molar-refractivity contribution is 0.216. The van der Waals surface area contributed by atoms with Gasteiger partial charge in [-0.15, -0.1) is 0 Å². The van der Waals surface area contributed by atoms with Crippen LogP contribution in [0.5, 0.6) is 5.75 Å². The fraction of sp³-hybridized carbons (Fsp3) is 0.400. The zero-order chi connectivity index (χ0) is 10.9. The molecular weight excluding hydrogens is 237 g/mol. The van der Waals surface area contributed by atoms with Gasteiger partial charge in [-0.05, 0) is 12.1 Å². The van der Waals surface area contributed by atoms with Gasteiger partial charge < -0.3 is 15.2 Å². The Morgan fingerprint density at radius 2 is 2.33 bits per heavy atom. The van der Waals surface area contributed by atoms with Gasteiger partial charge in [0.2, 0.25) is 0 Å². The molecule has 2 rings (SSSR count). The molecule has 15 heavy (non-hydrogen) atoms. The molecule has 1 atom stereocenters. The Labute approximate surface area is 97.9 Å². The molecule has 0 spiro atoms. The minimum atomic E-state index is -0.727. The van der Waals surface area contributed by atoms with E-state index in [1.54, 1.807) is 12.1 Å². The van der Waals surface area contributed by atoms with Crippen molar-refractivity contribution in [2.45, 2.75) is 11.4 Å². The molecule has 1 heterocycles. The number of aliphatic hydroxyl groups is 1. The van der Waals surface area contributed by atoms with E-state index in [1.165, 1.54) is 0 Å². The molecule has 3 nitrogen and oxygen atoms in total. The minimum Gasteiger partial charge on any atom is -0.488 e. The second kappa shape index (κ2) is 4.08. The molecule has 0 amide bonds. The lowest BCUT2D eigenvalue weighted by Gasteiger charge is -2.34. The first kappa shape index (κ1) is 10.9. The van der Waals surface area contributed by atoms with Crippen LogP contribution < -0.4 is 10.1 Å². The van der Waals surface area contributed by atoms with E-state index in [0.29, 0.717) is 23.8 Å². The fourth-order valence-electron chi connectivity index (χ4n) is 1.50. The van der Waals surface area contributed by atoms with Crippen LogP contribution >= 0.6 is 23.2 Å². The largest absolute Gasteiger partial charge is 0.488 e. The highest BCUT2D eigenvalue weighted by atomic mass is 35.5. The van der Waals surface area contributed by atoms with Crippen molar-refractivity contribution < 1.29 is 9.84 Å². The molecule has 1 aromatic rings. The van der Waals surface area contributed by atoms with E-state index < -0.39 is 5.00 Å². The van der Waals surface area contributed by atoms with Crippen LogP contribution in [0.3, 0.4) is 0 Å². The summed E-state index contributed by atoms with van der Waals surface area (Å²) in [5.41, 5.74) is 0.800. The topological polar surface area (TPSA) is 41.5 Å². The number of alkyl halides is 1. The average Bonchev–Trinajstić information content (AvgIpc) is 2.19. The first-order chi connectivity index (χ1) is 7.13. The molecule has 0 saturated heterocycles. The highest BCUT2D eigenvalue weighted by molar-refractivity contribution is 6.31. The number of fused-ring (bicyclic) bond motifs is 1. The van der Waals surface area contributed by atoms with E-state index >= 15 is 0 Å². The molecule has 1 unspecified atom stereocenters. The molecule has 5 heteroatoms. The smallest absolute Gasteiger partial charge is 0.149 e. The normalized spacial score (nSPS) is 23.9. The number of rotatable bonds is 2. The van der Waals surface area contributed by atoms with Gasteiger partial charge in [0.15, 0.2) is 0 Å². The Bertz CT molecular complexity index is 372. The van der Waals surface area contributed by atoms with Gasteiger partial charge in [-0.25, -0.2) is 0 Å². The molecule has 0 bridgehead atoms. The molecule has 1 aliphatic heterocycles. The van der Waals surface area contributed by atoms with Crippen molar-refractivity contribution in [3.8, 4) is 5.75 Å². The number of hydrogen-bond acceptors (Lipinski definition) is 3. The Morgan fingerprint density at radius 1 is 1.53 bits per heavy atom. The lowest BCUT2D eigenvalue weighted by atomic mass is 10.1. The van der Waals surface area contributed by atoms with E-state index in [-0.39, 0.29) is 6.61 Å². The van der Waals surface area contributed by atoms with Crippen LogP contribution in [0.2, 0.25) is 5.02 Å². The standard InChI is InChI=1S/C10H11Cl2NO2/c11-7-1-2-8-9(5-7)15-6-10(12,13-8)3-4-14/h1-2,5,13-14H,3-4,6H2. The predicted molar refractivity (Wildman–Crippen MR) is 60.9 cm³/mol. The van der Waals surface area contributed by atoms with Gasteiger partial charge in [-0.2, -0.15) is 0 Å². The van der Waals surface area contributed by atoms with E-state index in [4.69, 9.17) is 33.0 Å². The van der Waals surface area contributed by atoms with Crippen LogP contribution in [0.1, 0.15) is 6.42 Å². The third-order valence-corrected chi connectivity index (χ3v) is 2.89. The minimum absolute atomic E-state index is 0.0166. The first-order valence-electron chi connectivity index (χ1n) is 4.63. The second-order valence-electron chi connectivity index (χ2n) is 3.49. The lowest BCUT2D eigenvalue weighted by Crippen LogP contribution is -2.42. The molecule has 1 aliphatic rings. The monoisotopic (exact) mass is 247 g/mol. The molecule has 2 N–H and O–H groups in total. The molecule has 0 fully saturated rings. The van der Waals surface area contributed by atoms with E-state index in [9.17, 15) is 0 Å². The third kappa shape index (κ3) is 2.30. The van der Waals surface area contributed by atoms with Gasteiger partial charge in [-0.1, -0.05) is 23.2 Å². The van der Waals surface area contributed by atoms with Crippen molar-refractivity contribution >= 4 is 28.9 Å². The number of nitrogens with one attached hydrogen (secondary N) is 1. The Hall–Kier alpha value is -0.640. The van der Waals surface area contributed by atoms with Crippen molar-refractivity contribution in [3.05, 3.63) is 23.2 Å². The molecule has 0 aromatic heterocycles. The summed E-state index contributed by atoms with van der Waals surface area (Å²) in [5.74, 6) is 0.691. The Balaban J connectivity index is 2.23. The van der Waals surface area contributed by atoms with Crippen LogP contribution in [0.15, 0.2) is 18.2 Å². The number of halogens is 2. The number of anilines is 1. The summed E-state index contributed by atoms with van der Waals surface area (Å²) in [6.45, 7) is 0.325. The number of benzene rings is 1. The van der Waals surface area contributed by atoms with Gasteiger partial charge in [0.1, 0.15) is 17.4 Å². The second-order valence-corrected chi connectivity index (χ2v) is 4.65. The Morgan fingerprint density at radius 3 is 3.07 bits per heavy atom. The molecular formula is C10H11Cl2NO2. The van der Waals surface area contributed by atoms with Crippen LogP contribution in [-0.4, -0.2) is 23.3 Å². The van der Waals surface area contributed by atoms with Gasteiger partial charge in [0.25, 0.3) is 0 Å². The molecule has 82 valence electrons. The summed E-state index contributed by atoms with van der Waals surface area (Å²) in [4.78, 5) is -0.727. The molecule has 0 saturated carbocycles. The maximum Gasteiger partial charge on any atom is 0.149 e. The quantitative estimate of drug-likeness (QED) is 0.624. The van der Waals surface area contributed by atoms with Gasteiger partial charge in [0, 0.05) is 24.1 Å². The SMILES string of the molecule is OCCC1(Cl)COc2cc(Cl)ccc2N1. The third-order valence-electron chi connectivity index (χ3n) is 2.27. The summed E-state index contributed by atoms with van der Waals surface area (Å²) in [6, 6.07) is 5.31. The predicted octanol–water partition coefficient (Wildman–Crippen LogP) is 2.46. The van der Waals surface area contributed by atoms with Crippen LogP contribution in [0, 0.1) is 0 Å². The fourth-order valence-corrected chi connectivity index (χ4v) is 1.90. The van der Waals surface area contributed by atoms with Crippen molar-refractivity contribution in [2.75, 3.05) is 18.5 Å². The van der Waals surface area contributed by atoms with Gasteiger partial charge in [0.05, 0.1) is 5.69 Å². The van der Waals surface area contributed by atoms with Crippen molar-refractivity contribution in [1.29, 1.82) is 0 Å². The summed E-state index contributed by atoms with van der Waals surface area (Å²) in [7, 11) is 0. The average molecular weight is 248 g/mol. The summed E-state index contributed by atoms with van der Waals surface area (Å²) in [5, 5.41) is 12.6. The van der Waals surface area contributed by atoms with Crippen LogP contribution in [0.25, 0.3) is 0 Å². The van der Waals surface area contributed by atoms with Crippen LogP contribution in [-0.2, 0) is 0 Å². The highest BCUT2D eigenvalue weighted by Gasteiger charge is 2.32. The number of ether oxygens (including phenoxy) is 1. The van der Waals surface area contributed by atoms with Crippen molar-refractivity contribution in [1.82, 2.24) is 0 Å². The summed E-state index contributed by atoms with van der Waals surface area (Å²) >= 11 is 12.0.